The fourth-order valence-corrected chi connectivity index (χ4v) is 3.55. The smallest absolute Gasteiger partial charge is 0.239 e. The first kappa shape index (κ1) is 14.5. The van der Waals surface area contributed by atoms with E-state index in [1.807, 2.05) is 11.9 Å². The molecule has 1 saturated heterocycles. The highest BCUT2D eigenvalue weighted by Crippen LogP contribution is 2.19. The lowest BCUT2D eigenvalue weighted by Gasteiger charge is -2.30. The molecule has 3 rings (SSSR count). The third kappa shape index (κ3) is 3.27. The van der Waals surface area contributed by atoms with Crippen molar-refractivity contribution in [1.82, 2.24) is 15.1 Å². The number of nitrogens with zero attached hydrogens (tertiary/aromatic N) is 2. The predicted octanol–water partition coefficient (Wildman–Crippen LogP) is 1.11. The zero-order valence-electron chi connectivity index (χ0n) is 13.0. The van der Waals surface area contributed by atoms with E-state index in [1.165, 1.54) is 17.5 Å². The van der Waals surface area contributed by atoms with Crippen LogP contribution < -0.4 is 5.32 Å². The van der Waals surface area contributed by atoms with Crippen molar-refractivity contribution in [2.75, 3.05) is 33.7 Å². The van der Waals surface area contributed by atoms with Crippen LogP contribution in [0, 0.1) is 5.92 Å². The number of carbonyl (C=O) groups is 1. The number of nitrogens with one attached hydrogen (secondary N) is 1. The molecule has 0 spiro atoms. The van der Waals surface area contributed by atoms with Crippen molar-refractivity contribution in [3.8, 4) is 0 Å². The van der Waals surface area contributed by atoms with Crippen LogP contribution in [0.5, 0.6) is 0 Å². The first-order valence-corrected chi connectivity index (χ1v) is 7.87. The fraction of sp³-hybridized carbons (Fsp3) is 0.588. The Kier molecular flexibility index (Phi) is 4.27. The van der Waals surface area contributed by atoms with Crippen molar-refractivity contribution in [3.63, 3.8) is 0 Å². The molecule has 21 heavy (non-hydrogen) atoms. The monoisotopic (exact) mass is 287 g/mol. The van der Waals surface area contributed by atoms with Gasteiger partial charge in [-0.3, -0.25) is 4.79 Å². The van der Waals surface area contributed by atoms with E-state index in [-0.39, 0.29) is 11.9 Å². The van der Waals surface area contributed by atoms with Crippen LogP contribution in [0.15, 0.2) is 24.3 Å². The molecular weight excluding hydrogens is 262 g/mol. The Morgan fingerprint density at radius 3 is 2.86 bits per heavy atom. The van der Waals surface area contributed by atoms with Gasteiger partial charge in [0.05, 0.1) is 6.04 Å². The molecule has 1 unspecified atom stereocenters. The SMILES string of the molecule is CN1CCC(CN(C)C(=O)[C@H]2Cc3ccccc3CN2)C1. The van der Waals surface area contributed by atoms with Gasteiger partial charge in [-0.15, -0.1) is 0 Å². The third-order valence-corrected chi connectivity index (χ3v) is 4.78. The Morgan fingerprint density at radius 2 is 2.14 bits per heavy atom. The quantitative estimate of drug-likeness (QED) is 0.904. The molecule has 1 N–H and O–H groups in total. The van der Waals surface area contributed by atoms with Crippen molar-refractivity contribution in [2.24, 2.45) is 5.92 Å². The lowest BCUT2D eigenvalue weighted by atomic mass is 9.95. The lowest BCUT2D eigenvalue weighted by Crippen LogP contribution is -2.49. The van der Waals surface area contributed by atoms with Gasteiger partial charge in [0.15, 0.2) is 0 Å². The van der Waals surface area contributed by atoms with E-state index in [0.29, 0.717) is 5.92 Å². The zero-order valence-corrected chi connectivity index (χ0v) is 13.0. The highest BCUT2D eigenvalue weighted by atomic mass is 16.2. The summed E-state index contributed by atoms with van der Waals surface area (Å²) in [6.07, 6.45) is 2.01. The highest BCUT2D eigenvalue weighted by Gasteiger charge is 2.28. The molecule has 2 heterocycles. The van der Waals surface area contributed by atoms with E-state index in [1.54, 1.807) is 0 Å². The van der Waals surface area contributed by atoms with Gasteiger partial charge in [-0.25, -0.2) is 0 Å². The van der Waals surface area contributed by atoms with Crippen molar-refractivity contribution >= 4 is 5.91 Å². The summed E-state index contributed by atoms with van der Waals surface area (Å²) in [6.45, 7) is 3.94. The van der Waals surface area contributed by atoms with E-state index in [9.17, 15) is 4.79 Å². The second-order valence-corrected chi connectivity index (χ2v) is 6.54. The summed E-state index contributed by atoms with van der Waals surface area (Å²) in [4.78, 5) is 16.9. The summed E-state index contributed by atoms with van der Waals surface area (Å²) >= 11 is 0. The molecule has 0 radical (unpaired) electrons. The minimum Gasteiger partial charge on any atom is -0.344 e. The Balaban J connectivity index is 1.58. The number of benzene rings is 1. The summed E-state index contributed by atoms with van der Waals surface area (Å²) in [5.74, 6) is 0.860. The maximum atomic E-state index is 12.6. The largest absolute Gasteiger partial charge is 0.344 e. The van der Waals surface area contributed by atoms with Gasteiger partial charge in [0.25, 0.3) is 0 Å². The number of rotatable bonds is 3. The zero-order chi connectivity index (χ0) is 14.8. The summed E-state index contributed by atoms with van der Waals surface area (Å²) in [5.41, 5.74) is 2.63. The van der Waals surface area contributed by atoms with Crippen molar-refractivity contribution in [3.05, 3.63) is 35.4 Å². The molecule has 1 aromatic rings. The average molecular weight is 287 g/mol. The molecule has 2 aliphatic rings. The first-order chi connectivity index (χ1) is 10.1. The molecule has 2 aliphatic heterocycles. The Labute approximate surface area is 127 Å². The second kappa shape index (κ2) is 6.16. The minimum absolute atomic E-state index is 0.0657. The van der Waals surface area contributed by atoms with Gasteiger partial charge in [-0.05, 0) is 43.5 Å². The molecule has 114 valence electrons. The molecule has 0 bridgehead atoms. The molecule has 1 amide bonds. The molecule has 4 nitrogen and oxygen atoms in total. The molecule has 0 aromatic heterocycles. The van der Waals surface area contributed by atoms with Crippen LogP contribution in [-0.4, -0.2) is 55.5 Å². The van der Waals surface area contributed by atoms with E-state index in [0.717, 1.165) is 32.6 Å². The molecule has 1 aromatic carbocycles. The number of fused-ring (bicyclic) bond motifs is 1. The van der Waals surface area contributed by atoms with Crippen LogP contribution in [-0.2, 0) is 17.8 Å². The summed E-state index contributed by atoms with van der Waals surface area (Å²) < 4.78 is 0. The van der Waals surface area contributed by atoms with E-state index in [4.69, 9.17) is 0 Å². The number of likely N-dealkylation sites (tertiary alicyclic amines) is 1. The van der Waals surface area contributed by atoms with Gasteiger partial charge in [0, 0.05) is 26.7 Å². The number of hydrogen-bond acceptors (Lipinski definition) is 3. The molecule has 2 atom stereocenters. The molecule has 0 saturated carbocycles. The first-order valence-electron chi connectivity index (χ1n) is 7.87. The molecule has 4 heteroatoms. The number of likely N-dealkylation sites (N-methyl/N-ethyl adjacent to an activating group) is 1. The topological polar surface area (TPSA) is 35.6 Å². The molecular formula is C17H25N3O. The van der Waals surface area contributed by atoms with Crippen LogP contribution in [0.4, 0.5) is 0 Å². The fourth-order valence-electron chi connectivity index (χ4n) is 3.55. The molecule has 0 aliphatic carbocycles. The second-order valence-electron chi connectivity index (χ2n) is 6.54. The van der Waals surface area contributed by atoms with Crippen molar-refractivity contribution in [1.29, 1.82) is 0 Å². The van der Waals surface area contributed by atoms with Gasteiger partial charge in [-0.1, -0.05) is 24.3 Å². The maximum absolute atomic E-state index is 12.6. The van der Waals surface area contributed by atoms with Crippen LogP contribution in [0.3, 0.4) is 0 Å². The number of amides is 1. The maximum Gasteiger partial charge on any atom is 0.239 e. The van der Waals surface area contributed by atoms with Crippen LogP contribution >= 0.6 is 0 Å². The van der Waals surface area contributed by atoms with Gasteiger partial charge >= 0.3 is 0 Å². The van der Waals surface area contributed by atoms with E-state index in [2.05, 4.69) is 41.5 Å². The van der Waals surface area contributed by atoms with Crippen molar-refractivity contribution < 1.29 is 4.79 Å². The standard InChI is InChI=1S/C17H25N3O/c1-19-8-7-13(11-19)12-20(2)17(21)16-9-14-5-3-4-6-15(14)10-18-16/h3-6,13,16,18H,7-12H2,1-2H3/t13?,16-/m1/s1. The average Bonchev–Trinajstić information content (AvgIpc) is 2.91. The van der Waals surface area contributed by atoms with Crippen molar-refractivity contribution in [2.45, 2.75) is 25.4 Å². The molecule has 1 fully saturated rings. The predicted molar refractivity (Wildman–Crippen MR) is 84.0 cm³/mol. The van der Waals surface area contributed by atoms with Gasteiger partial charge < -0.3 is 15.1 Å². The summed E-state index contributed by atoms with van der Waals surface area (Å²) in [7, 11) is 4.10. The summed E-state index contributed by atoms with van der Waals surface area (Å²) in [5, 5.41) is 3.39. The minimum atomic E-state index is -0.0657. The Hall–Kier alpha value is -1.39. The normalized spacial score (nSPS) is 25.6. The Bertz CT molecular complexity index is 517. The van der Waals surface area contributed by atoms with E-state index >= 15 is 0 Å². The van der Waals surface area contributed by atoms with Crippen LogP contribution in [0.1, 0.15) is 17.5 Å². The van der Waals surface area contributed by atoms with Crippen LogP contribution in [0.2, 0.25) is 0 Å². The number of carbonyl (C=O) groups excluding carboxylic acids is 1. The van der Waals surface area contributed by atoms with Crippen LogP contribution in [0.25, 0.3) is 0 Å². The lowest BCUT2D eigenvalue weighted by molar-refractivity contribution is -0.132. The van der Waals surface area contributed by atoms with Gasteiger partial charge in [0.1, 0.15) is 0 Å². The highest BCUT2D eigenvalue weighted by molar-refractivity contribution is 5.82. The number of hydrogen-bond donors (Lipinski definition) is 1. The summed E-state index contributed by atoms with van der Waals surface area (Å²) in [6, 6.07) is 8.34. The van der Waals surface area contributed by atoms with Gasteiger partial charge in [-0.2, -0.15) is 0 Å². The van der Waals surface area contributed by atoms with Gasteiger partial charge in [0.2, 0.25) is 5.91 Å². The third-order valence-electron chi connectivity index (χ3n) is 4.78. The Morgan fingerprint density at radius 1 is 1.38 bits per heavy atom. The van der Waals surface area contributed by atoms with E-state index < -0.39 is 0 Å².